The van der Waals surface area contributed by atoms with Crippen LogP contribution in [-0.2, 0) is 11.3 Å². The lowest BCUT2D eigenvalue weighted by molar-refractivity contribution is -0.118. The van der Waals surface area contributed by atoms with Crippen LogP contribution in [0.15, 0.2) is 60.7 Å². The molecule has 0 aromatic heterocycles. The molecular formula is C24H24Cl2N2O4. The van der Waals surface area contributed by atoms with Crippen molar-refractivity contribution in [2.45, 2.75) is 13.5 Å². The third-order valence-corrected chi connectivity index (χ3v) is 5.19. The summed E-state index contributed by atoms with van der Waals surface area (Å²) in [5, 5.41) is 6.85. The first kappa shape index (κ1) is 23.6. The molecule has 32 heavy (non-hydrogen) atoms. The molecule has 0 saturated heterocycles. The van der Waals surface area contributed by atoms with Crippen LogP contribution in [0.3, 0.4) is 0 Å². The summed E-state index contributed by atoms with van der Waals surface area (Å²) < 4.78 is 16.5. The van der Waals surface area contributed by atoms with Crippen LogP contribution in [0.25, 0.3) is 0 Å². The molecule has 6 nitrogen and oxygen atoms in total. The number of rotatable bonds is 10. The van der Waals surface area contributed by atoms with E-state index in [1.165, 1.54) is 0 Å². The van der Waals surface area contributed by atoms with Crippen molar-refractivity contribution >= 4 is 40.5 Å². The summed E-state index contributed by atoms with van der Waals surface area (Å²) >= 11 is 11.9. The van der Waals surface area contributed by atoms with Crippen LogP contribution in [-0.4, -0.2) is 26.2 Å². The molecule has 0 atom stereocenters. The first-order chi connectivity index (χ1) is 15.5. The Bertz CT molecular complexity index is 1060. The van der Waals surface area contributed by atoms with Crippen molar-refractivity contribution in [3.8, 4) is 17.2 Å². The molecule has 168 valence electrons. The average molecular weight is 475 g/mol. The van der Waals surface area contributed by atoms with Crippen LogP contribution >= 0.6 is 23.2 Å². The van der Waals surface area contributed by atoms with E-state index in [0.29, 0.717) is 40.4 Å². The molecule has 1 amide bonds. The number of hydrogen-bond donors (Lipinski definition) is 2. The van der Waals surface area contributed by atoms with Crippen LogP contribution in [0.1, 0.15) is 12.5 Å². The van der Waals surface area contributed by atoms with Crippen molar-refractivity contribution in [3.05, 3.63) is 76.3 Å². The first-order valence-corrected chi connectivity index (χ1v) is 10.8. The third-order valence-electron chi connectivity index (χ3n) is 4.45. The molecule has 0 unspecified atom stereocenters. The number of ether oxygens (including phenoxy) is 3. The smallest absolute Gasteiger partial charge is 0.262 e. The monoisotopic (exact) mass is 474 g/mol. The van der Waals surface area contributed by atoms with Gasteiger partial charge >= 0.3 is 0 Å². The minimum Gasteiger partial charge on any atom is -0.494 e. The van der Waals surface area contributed by atoms with Crippen LogP contribution in [0.4, 0.5) is 11.4 Å². The number of methoxy groups -OCH3 is 1. The molecule has 0 fully saturated rings. The van der Waals surface area contributed by atoms with E-state index in [9.17, 15) is 4.79 Å². The highest BCUT2D eigenvalue weighted by molar-refractivity contribution is 6.42. The van der Waals surface area contributed by atoms with Crippen molar-refractivity contribution in [3.63, 3.8) is 0 Å². The molecule has 0 aliphatic heterocycles. The Labute approximate surface area is 197 Å². The number of nitrogens with one attached hydrogen (secondary N) is 2. The molecule has 3 aromatic carbocycles. The maximum Gasteiger partial charge on any atom is 0.262 e. The molecule has 0 heterocycles. The minimum atomic E-state index is -0.327. The van der Waals surface area contributed by atoms with Crippen molar-refractivity contribution in [2.75, 3.05) is 31.0 Å². The van der Waals surface area contributed by atoms with E-state index < -0.39 is 0 Å². The fourth-order valence-corrected chi connectivity index (χ4v) is 3.19. The normalized spacial score (nSPS) is 10.4. The van der Waals surface area contributed by atoms with E-state index in [1.807, 2.05) is 43.3 Å². The van der Waals surface area contributed by atoms with E-state index in [2.05, 4.69) is 10.6 Å². The number of benzene rings is 3. The lowest BCUT2D eigenvalue weighted by Crippen LogP contribution is -2.20. The van der Waals surface area contributed by atoms with Gasteiger partial charge in [-0.3, -0.25) is 4.79 Å². The van der Waals surface area contributed by atoms with E-state index in [1.54, 1.807) is 31.4 Å². The molecule has 8 heteroatoms. The van der Waals surface area contributed by atoms with Gasteiger partial charge in [-0.25, -0.2) is 0 Å². The van der Waals surface area contributed by atoms with Gasteiger partial charge in [0.1, 0.15) is 5.75 Å². The number of anilines is 2. The molecule has 2 N–H and O–H groups in total. The highest BCUT2D eigenvalue weighted by Crippen LogP contribution is 2.29. The molecule has 0 aliphatic carbocycles. The number of halogens is 2. The van der Waals surface area contributed by atoms with Crippen LogP contribution in [0, 0.1) is 0 Å². The number of carbonyl (C=O) groups is 1. The number of carbonyl (C=O) groups excluding carboxylic acids is 1. The van der Waals surface area contributed by atoms with Gasteiger partial charge in [0.25, 0.3) is 5.91 Å². The zero-order chi connectivity index (χ0) is 22.9. The predicted molar refractivity (Wildman–Crippen MR) is 129 cm³/mol. The Balaban J connectivity index is 1.54. The second-order valence-corrected chi connectivity index (χ2v) is 7.58. The molecule has 0 radical (unpaired) electrons. The Morgan fingerprint density at radius 3 is 2.31 bits per heavy atom. The number of amides is 1. The van der Waals surface area contributed by atoms with Crippen molar-refractivity contribution in [1.82, 2.24) is 0 Å². The Morgan fingerprint density at radius 2 is 1.62 bits per heavy atom. The molecular weight excluding hydrogens is 451 g/mol. The Kier molecular flexibility index (Phi) is 8.48. The topological polar surface area (TPSA) is 68.8 Å². The lowest BCUT2D eigenvalue weighted by Gasteiger charge is -2.13. The van der Waals surface area contributed by atoms with Gasteiger partial charge in [-0.15, -0.1) is 0 Å². The largest absolute Gasteiger partial charge is 0.494 e. The van der Waals surface area contributed by atoms with E-state index in [-0.39, 0.29) is 12.5 Å². The first-order valence-electron chi connectivity index (χ1n) is 10.00. The number of hydrogen-bond acceptors (Lipinski definition) is 5. The van der Waals surface area contributed by atoms with Gasteiger partial charge in [0.05, 0.1) is 23.8 Å². The highest BCUT2D eigenvalue weighted by Gasteiger charge is 2.10. The molecule has 0 saturated carbocycles. The van der Waals surface area contributed by atoms with Gasteiger partial charge < -0.3 is 24.8 Å². The molecule has 0 bridgehead atoms. The standard InChI is InChI=1S/C24H24Cl2N2O4/c1-3-31-19-8-5-17(6-9-19)27-14-16-4-11-22(23(12-16)30-2)32-15-24(29)28-18-7-10-20(25)21(26)13-18/h4-13,27H,3,14-15H2,1-2H3,(H,28,29). The summed E-state index contributed by atoms with van der Waals surface area (Å²) in [6.07, 6.45) is 0. The summed E-state index contributed by atoms with van der Waals surface area (Å²) in [4.78, 5) is 12.2. The van der Waals surface area contributed by atoms with Gasteiger partial charge in [-0.05, 0) is 67.1 Å². The summed E-state index contributed by atoms with van der Waals surface area (Å²) in [5.74, 6) is 1.52. The highest BCUT2D eigenvalue weighted by atomic mass is 35.5. The Hall–Kier alpha value is -3.09. The summed E-state index contributed by atoms with van der Waals surface area (Å²) in [6.45, 7) is 3.01. The molecule has 0 spiro atoms. The summed E-state index contributed by atoms with van der Waals surface area (Å²) in [6, 6.07) is 18.2. The molecule has 0 aliphatic rings. The van der Waals surface area contributed by atoms with Crippen LogP contribution < -0.4 is 24.8 Å². The zero-order valence-corrected chi connectivity index (χ0v) is 19.3. The quantitative estimate of drug-likeness (QED) is 0.375. The minimum absolute atomic E-state index is 0.180. The maximum absolute atomic E-state index is 12.2. The Morgan fingerprint density at radius 1 is 0.875 bits per heavy atom. The third kappa shape index (κ3) is 6.70. The average Bonchev–Trinajstić information content (AvgIpc) is 2.80. The predicted octanol–water partition coefficient (Wildman–Crippen LogP) is 6.03. The van der Waals surface area contributed by atoms with E-state index in [0.717, 1.165) is 17.0 Å². The van der Waals surface area contributed by atoms with Crippen LogP contribution in [0.2, 0.25) is 10.0 Å². The van der Waals surface area contributed by atoms with Gasteiger partial charge in [-0.1, -0.05) is 29.3 Å². The zero-order valence-electron chi connectivity index (χ0n) is 17.8. The SMILES string of the molecule is CCOc1ccc(NCc2ccc(OCC(=O)Nc3ccc(Cl)c(Cl)c3)c(OC)c2)cc1. The molecule has 3 aromatic rings. The van der Waals surface area contributed by atoms with Crippen molar-refractivity contribution in [1.29, 1.82) is 0 Å². The second-order valence-electron chi connectivity index (χ2n) is 6.76. The lowest BCUT2D eigenvalue weighted by atomic mass is 10.2. The van der Waals surface area contributed by atoms with Crippen molar-refractivity contribution in [2.24, 2.45) is 0 Å². The summed E-state index contributed by atoms with van der Waals surface area (Å²) in [7, 11) is 1.56. The van der Waals surface area contributed by atoms with Crippen LogP contribution in [0.5, 0.6) is 17.2 Å². The van der Waals surface area contributed by atoms with Gasteiger partial charge in [0.15, 0.2) is 18.1 Å². The molecule has 3 rings (SSSR count). The fourth-order valence-electron chi connectivity index (χ4n) is 2.90. The maximum atomic E-state index is 12.2. The summed E-state index contributed by atoms with van der Waals surface area (Å²) in [5.41, 5.74) is 2.52. The van der Waals surface area contributed by atoms with Crippen molar-refractivity contribution < 1.29 is 19.0 Å². The van der Waals surface area contributed by atoms with Gasteiger partial charge in [-0.2, -0.15) is 0 Å². The second kappa shape index (κ2) is 11.5. The fraction of sp³-hybridized carbons (Fsp3) is 0.208. The van der Waals surface area contributed by atoms with Gasteiger partial charge in [0, 0.05) is 17.9 Å². The van der Waals surface area contributed by atoms with E-state index >= 15 is 0 Å². The van der Waals surface area contributed by atoms with E-state index in [4.69, 9.17) is 37.4 Å². The van der Waals surface area contributed by atoms with Gasteiger partial charge in [0.2, 0.25) is 0 Å².